The number of para-hydroxylation sites is 1. The molecule has 0 N–H and O–H groups in total. The van der Waals surface area contributed by atoms with Crippen LogP contribution in [0.1, 0.15) is 48.9 Å². The van der Waals surface area contributed by atoms with Crippen molar-refractivity contribution in [2.45, 2.75) is 51.4 Å². The second-order valence-electron chi connectivity index (χ2n) is 7.75. The van der Waals surface area contributed by atoms with Crippen molar-refractivity contribution >= 4 is 16.7 Å². The zero-order valence-corrected chi connectivity index (χ0v) is 15.9. The van der Waals surface area contributed by atoms with Crippen molar-refractivity contribution in [2.24, 2.45) is 5.92 Å². The van der Waals surface area contributed by atoms with Gasteiger partial charge in [0.15, 0.2) is 0 Å². The Morgan fingerprint density at radius 2 is 1.63 bits per heavy atom. The van der Waals surface area contributed by atoms with Crippen LogP contribution in [0.5, 0.6) is 0 Å². The summed E-state index contributed by atoms with van der Waals surface area (Å²) in [6, 6.07) is 20.9. The van der Waals surface area contributed by atoms with Crippen LogP contribution in [0.2, 0.25) is 0 Å². The first kappa shape index (κ1) is 17.9. The molecule has 0 amide bonds. The lowest BCUT2D eigenvalue weighted by Crippen LogP contribution is -2.19. The number of pyridine rings is 1. The average Bonchev–Trinajstić information content (AvgIpc) is 2.73. The molecule has 0 aliphatic heterocycles. The summed E-state index contributed by atoms with van der Waals surface area (Å²) in [5.74, 6) is 0.679. The number of hydrogen-bond acceptors (Lipinski definition) is 2. The van der Waals surface area contributed by atoms with Crippen LogP contribution in [0.25, 0.3) is 10.9 Å². The molecule has 1 aliphatic carbocycles. The van der Waals surface area contributed by atoms with Gasteiger partial charge >= 0.3 is 0 Å². The molecule has 1 aromatic heterocycles. The number of aryl methyl sites for hydroxylation is 2. The molecule has 1 fully saturated rings. The molecule has 0 bridgehead atoms. The van der Waals surface area contributed by atoms with Crippen molar-refractivity contribution in [3.05, 3.63) is 77.5 Å². The van der Waals surface area contributed by atoms with E-state index in [0.29, 0.717) is 12.2 Å². The fourth-order valence-corrected chi connectivity index (χ4v) is 4.26. The lowest BCUT2D eigenvalue weighted by atomic mass is 9.84. The predicted molar refractivity (Wildman–Crippen MR) is 111 cm³/mol. The number of fused-ring (bicyclic) bond motifs is 1. The summed E-state index contributed by atoms with van der Waals surface area (Å²) in [7, 11) is 0. The van der Waals surface area contributed by atoms with E-state index in [1.165, 1.54) is 24.8 Å². The third-order valence-electron chi connectivity index (χ3n) is 5.79. The largest absolute Gasteiger partial charge is 0.299 e. The summed E-state index contributed by atoms with van der Waals surface area (Å²) in [4.78, 5) is 17.7. The maximum Gasteiger partial charge on any atom is 0.140 e. The molecule has 0 unspecified atom stereocenters. The SMILES string of the molecule is O=C(Cc1cc(CCc2ccccc2)nc2ccccc12)C1CCCCC1. The second-order valence-corrected chi connectivity index (χ2v) is 7.75. The highest BCUT2D eigenvalue weighted by atomic mass is 16.1. The molecule has 2 heteroatoms. The molecule has 2 aromatic carbocycles. The Morgan fingerprint density at radius 3 is 2.44 bits per heavy atom. The molecule has 1 aliphatic rings. The Hall–Kier alpha value is -2.48. The minimum Gasteiger partial charge on any atom is -0.299 e. The monoisotopic (exact) mass is 357 g/mol. The molecule has 4 rings (SSSR count). The van der Waals surface area contributed by atoms with Gasteiger partial charge < -0.3 is 0 Å². The van der Waals surface area contributed by atoms with Crippen LogP contribution < -0.4 is 0 Å². The first-order valence-electron chi connectivity index (χ1n) is 10.2. The molecular weight excluding hydrogens is 330 g/mol. The van der Waals surface area contributed by atoms with E-state index in [-0.39, 0.29) is 5.92 Å². The Kier molecular flexibility index (Phi) is 5.62. The van der Waals surface area contributed by atoms with Crippen LogP contribution in [-0.4, -0.2) is 10.8 Å². The number of Topliss-reactive ketones (excluding diaryl/α,β-unsaturated/α-hetero) is 1. The summed E-state index contributed by atoms with van der Waals surface area (Å²) >= 11 is 0. The van der Waals surface area contributed by atoms with E-state index in [1.54, 1.807) is 0 Å². The van der Waals surface area contributed by atoms with Gasteiger partial charge in [-0.2, -0.15) is 0 Å². The number of aromatic nitrogens is 1. The lowest BCUT2D eigenvalue weighted by molar-refractivity contribution is -0.123. The van der Waals surface area contributed by atoms with E-state index < -0.39 is 0 Å². The highest BCUT2D eigenvalue weighted by Crippen LogP contribution is 2.27. The van der Waals surface area contributed by atoms with Gasteiger partial charge in [-0.25, -0.2) is 0 Å². The van der Waals surface area contributed by atoms with Gasteiger partial charge in [0.25, 0.3) is 0 Å². The minimum atomic E-state index is 0.262. The zero-order valence-electron chi connectivity index (χ0n) is 15.9. The maximum absolute atomic E-state index is 12.9. The molecule has 2 nitrogen and oxygen atoms in total. The van der Waals surface area contributed by atoms with Crippen molar-refractivity contribution < 1.29 is 4.79 Å². The van der Waals surface area contributed by atoms with Crippen molar-refractivity contribution in [3.8, 4) is 0 Å². The molecule has 1 heterocycles. The maximum atomic E-state index is 12.9. The van der Waals surface area contributed by atoms with E-state index in [4.69, 9.17) is 4.98 Å². The molecular formula is C25H27NO. The van der Waals surface area contributed by atoms with Crippen molar-refractivity contribution in [1.82, 2.24) is 4.98 Å². The van der Waals surface area contributed by atoms with Gasteiger partial charge in [0.1, 0.15) is 5.78 Å². The highest BCUT2D eigenvalue weighted by Gasteiger charge is 2.22. The number of carbonyl (C=O) groups is 1. The first-order chi connectivity index (χ1) is 13.3. The molecule has 0 saturated heterocycles. The molecule has 0 spiro atoms. The molecule has 3 aromatic rings. The normalized spacial score (nSPS) is 15.1. The number of carbonyl (C=O) groups excluding carboxylic acids is 1. The molecule has 0 atom stereocenters. The third kappa shape index (κ3) is 4.44. The van der Waals surface area contributed by atoms with Crippen LogP contribution in [0.3, 0.4) is 0 Å². The average molecular weight is 357 g/mol. The van der Waals surface area contributed by atoms with Crippen molar-refractivity contribution in [2.75, 3.05) is 0 Å². The summed E-state index contributed by atoms with van der Waals surface area (Å²) in [6.07, 6.45) is 8.26. The van der Waals surface area contributed by atoms with E-state index in [0.717, 1.165) is 47.8 Å². The quantitative estimate of drug-likeness (QED) is 0.565. The number of ketones is 1. The molecule has 27 heavy (non-hydrogen) atoms. The van der Waals surface area contributed by atoms with E-state index in [2.05, 4.69) is 42.5 Å². The number of benzene rings is 2. The van der Waals surface area contributed by atoms with Gasteiger partial charge in [-0.1, -0.05) is 67.8 Å². The molecule has 1 saturated carbocycles. The smallest absolute Gasteiger partial charge is 0.140 e. The first-order valence-corrected chi connectivity index (χ1v) is 10.2. The Balaban J connectivity index is 1.57. The van der Waals surface area contributed by atoms with Crippen LogP contribution in [0.4, 0.5) is 0 Å². The standard InChI is InChI=1S/C25H27NO/c27-25(20-11-5-2-6-12-20)18-21-17-22(16-15-19-9-3-1-4-10-19)26-24-14-8-7-13-23(21)24/h1,3-4,7-10,13-14,17,20H,2,5-6,11-12,15-16,18H2. The Morgan fingerprint density at radius 1 is 0.889 bits per heavy atom. The second kappa shape index (κ2) is 8.47. The fraction of sp³-hybridized carbons (Fsp3) is 0.360. The van der Waals surface area contributed by atoms with Crippen molar-refractivity contribution in [1.29, 1.82) is 0 Å². The third-order valence-corrected chi connectivity index (χ3v) is 5.79. The number of nitrogens with zero attached hydrogens (tertiary/aromatic N) is 1. The molecule has 0 radical (unpaired) electrons. The number of rotatable bonds is 6. The topological polar surface area (TPSA) is 30.0 Å². The van der Waals surface area contributed by atoms with Gasteiger partial charge in [-0.15, -0.1) is 0 Å². The number of hydrogen-bond donors (Lipinski definition) is 0. The minimum absolute atomic E-state index is 0.262. The predicted octanol–water partition coefficient (Wildman–Crippen LogP) is 5.71. The van der Waals surface area contributed by atoms with Gasteiger partial charge in [-0.3, -0.25) is 9.78 Å². The van der Waals surface area contributed by atoms with Crippen LogP contribution in [0.15, 0.2) is 60.7 Å². The van der Waals surface area contributed by atoms with Crippen LogP contribution in [0, 0.1) is 5.92 Å². The van der Waals surface area contributed by atoms with Gasteiger partial charge in [0, 0.05) is 23.4 Å². The van der Waals surface area contributed by atoms with Crippen LogP contribution in [-0.2, 0) is 24.1 Å². The van der Waals surface area contributed by atoms with Gasteiger partial charge in [0.05, 0.1) is 5.52 Å². The van der Waals surface area contributed by atoms with E-state index in [9.17, 15) is 4.79 Å². The highest BCUT2D eigenvalue weighted by molar-refractivity contribution is 5.90. The summed E-state index contributed by atoms with van der Waals surface area (Å²) in [5.41, 5.74) is 4.57. The van der Waals surface area contributed by atoms with Crippen molar-refractivity contribution in [3.63, 3.8) is 0 Å². The van der Waals surface area contributed by atoms with E-state index in [1.807, 2.05) is 18.2 Å². The molecule has 138 valence electrons. The zero-order chi connectivity index (χ0) is 18.5. The Labute approximate surface area is 161 Å². The lowest BCUT2D eigenvalue weighted by Gasteiger charge is -2.20. The summed E-state index contributed by atoms with van der Waals surface area (Å²) < 4.78 is 0. The summed E-state index contributed by atoms with van der Waals surface area (Å²) in [5, 5.41) is 1.13. The van der Waals surface area contributed by atoms with E-state index >= 15 is 0 Å². The van der Waals surface area contributed by atoms with Gasteiger partial charge in [-0.05, 0) is 48.9 Å². The Bertz CT molecular complexity index is 910. The summed E-state index contributed by atoms with van der Waals surface area (Å²) in [6.45, 7) is 0. The van der Waals surface area contributed by atoms with Gasteiger partial charge in [0.2, 0.25) is 0 Å². The van der Waals surface area contributed by atoms with Crippen LogP contribution >= 0.6 is 0 Å². The fourth-order valence-electron chi connectivity index (χ4n) is 4.26.